The fraction of sp³-hybridized carbons (Fsp3) is 0.417. The lowest BCUT2D eigenvalue weighted by molar-refractivity contribution is 0.102. The lowest BCUT2D eigenvalue weighted by Crippen LogP contribution is -2.49. The van der Waals surface area contributed by atoms with Gasteiger partial charge in [-0.15, -0.1) is 0 Å². The molecule has 2 aromatic rings. The maximum atomic E-state index is 15.2. The van der Waals surface area contributed by atoms with Crippen LogP contribution in [-0.2, 0) is 11.2 Å². The molecule has 2 heterocycles. The molecule has 0 amide bonds. The van der Waals surface area contributed by atoms with Crippen LogP contribution in [0.25, 0.3) is 0 Å². The molecule has 1 fully saturated rings. The van der Waals surface area contributed by atoms with E-state index in [1.807, 2.05) is 19.1 Å². The Morgan fingerprint density at radius 1 is 1.25 bits per heavy atom. The summed E-state index contributed by atoms with van der Waals surface area (Å²) in [4.78, 5) is 4.55. The van der Waals surface area contributed by atoms with Gasteiger partial charge in [-0.25, -0.2) is 17.6 Å². The van der Waals surface area contributed by atoms with E-state index in [4.69, 9.17) is 26.8 Å². The molecule has 0 spiro atoms. The van der Waals surface area contributed by atoms with Crippen LogP contribution in [0.2, 0.25) is 5.02 Å². The smallest absolute Gasteiger partial charge is 0.263 e. The molecule has 3 unspecified atom stereocenters. The lowest BCUT2D eigenvalue weighted by Gasteiger charge is -2.38. The predicted octanol–water partition coefficient (Wildman–Crippen LogP) is 6.96. The Morgan fingerprint density at radius 3 is 2.67 bits per heavy atom. The summed E-state index contributed by atoms with van der Waals surface area (Å²) in [6, 6.07) is 5.03. The predicted molar refractivity (Wildman–Crippen MR) is 181 cm³/mol. The van der Waals surface area contributed by atoms with Gasteiger partial charge in [0, 0.05) is 52.7 Å². The number of hydrogen-bond donors (Lipinski definition) is 4. The highest BCUT2D eigenvalue weighted by atomic mass is 35.5. The van der Waals surface area contributed by atoms with Crippen LogP contribution < -0.4 is 21.1 Å². The van der Waals surface area contributed by atoms with E-state index in [-0.39, 0.29) is 39.9 Å². The van der Waals surface area contributed by atoms with E-state index in [9.17, 15) is 18.3 Å². The summed E-state index contributed by atoms with van der Waals surface area (Å²) >= 11 is 6.05. The van der Waals surface area contributed by atoms with E-state index in [1.165, 1.54) is 25.1 Å². The van der Waals surface area contributed by atoms with Crippen LogP contribution in [0.3, 0.4) is 0 Å². The average molecular weight is 689 g/mol. The minimum atomic E-state index is -2.77. The summed E-state index contributed by atoms with van der Waals surface area (Å²) < 4.78 is 68.5. The molecule has 5 N–H and O–H groups in total. The standard InChI is InChI=1S/C36H41ClF4N4O3/c1-5-22(35(40)41)10-20(3)36(46,18-43-9-8-21-11-23(16-44-24-6-7-24)32(42)30(12-21)47-4)31-14-25-19(2)17-48-34(25)33(45-31)26-13-27(37)29(39)15-28(26)38/h5,10-16,19,24,33,35,43,45-46H,6-9,17-18,42H2,1-4H3/b20-10+,22-5+,44-16?. The molecule has 12 heteroatoms. The van der Waals surface area contributed by atoms with Gasteiger partial charge in [0.2, 0.25) is 0 Å². The molecule has 0 radical (unpaired) electrons. The van der Waals surface area contributed by atoms with Crippen molar-refractivity contribution in [2.24, 2.45) is 10.9 Å². The van der Waals surface area contributed by atoms with Gasteiger partial charge in [-0.2, -0.15) is 0 Å². The second-order valence-electron chi connectivity index (χ2n) is 12.5. The molecule has 1 aliphatic carbocycles. The Morgan fingerprint density at radius 2 is 2.00 bits per heavy atom. The number of hydrogen-bond acceptors (Lipinski definition) is 7. The first-order chi connectivity index (χ1) is 22.9. The van der Waals surface area contributed by atoms with Crippen molar-refractivity contribution >= 4 is 23.5 Å². The van der Waals surface area contributed by atoms with Crippen molar-refractivity contribution in [3.05, 3.63) is 104 Å². The van der Waals surface area contributed by atoms with Crippen molar-refractivity contribution in [2.45, 2.75) is 64.1 Å². The van der Waals surface area contributed by atoms with Gasteiger partial charge in [0.05, 0.1) is 30.5 Å². The first-order valence-electron chi connectivity index (χ1n) is 15.9. The highest BCUT2D eigenvalue weighted by Crippen LogP contribution is 2.43. The van der Waals surface area contributed by atoms with Gasteiger partial charge >= 0.3 is 0 Å². The third-order valence-electron chi connectivity index (χ3n) is 8.98. The number of aliphatic hydroxyl groups is 1. The summed E-state index contributed by atoms with van der Waals surface area (Å²) in [7, 11) is 1.55. The number of ether oxygens (including phenoxy) is 2. The normalized spacial score (nSPS) is 21.3. The number of dihydropyridines is 1. The molecule has 3 atom stereocenters. The Balaban J connectivity index is 1.46. The van der Waals surface area contributed by atoms with Crippen molar-refractivity contribution in [1.29, 1.82) is 0 Å². The van der Waals surface area contributed by atoms with Crippen molar-refractivity contribution in [3.63, 3.8) is 0 Å². The number of nitrogen functional groups attached to an aromatic ring is 1. The minimum Gasteiger partial charge on any atom is -0.495 e. The number of nitrogens with one attached hydrogen (secondary N) is 2. The molecule has 0 saturated heterocycles. The van der Waals surface area contributed by atoms with Gasteiger partial charge in [-0.05, 0) is 75.1 Å². The molecule has 2 aromatic carbocycles. The maximum absolute atomic E-state index is 15.2. The monoisotopic (exact) mass is 688 g/mol. The van der Waals surface area contributed by atoms with Crippen LogP contribution in [0, 0.1) is 17.6 Å². The highest BCUT2D eigenvalue weighted by Gasteiger charge is 2.42. The van der Waals surface area contributed by atoms with Crippen LogP contribution in [0.1, 0.15) is 56.3 Å². The van der Waals surface area contributed by atoms with E-state index in [0.29, 0.717) is 54.4 Å². The third-order valence-corrected chi connectivity index (χ3v) is 9.27. The van der Waals surface area contributed by atoms with Gasteiger partial charge in [0.15, 0.2) is 0 Å². The number of anilines is 1. The minimum absolute atomic E-state index is 0.0191. The van der Waals surface area contributed by atoms with Crippen molar-refractivity contribution < 1.29 is 32.1 Å². The maximum Gasteiger partial charge on any atom is 0.263 e. The molecule has 258 valence electrons. The zero-order valence-electron chi connectivity index (χ0n) is 27.3. The van der Waals surface area contributed by atoms with Crippen molar-refractivity contribution in [2.75, 3.05) is 32.5 Å². The van der Waals surface area contributed by atoms with E-state index >= 15 is 4.39 Å². The van der Waals surface area contributed by atoms with Crippen molar-refractivity contribution in [3.8, 4) is 5.75 Å². The fourth-order valence-electron chi connectivity index (χ4n) is 5.86. The van der Waals surface area contributed by atoms with Crippen molar-refractivity contribution in [1.82, 2.24) is 10.6 Å². The number of nitrogens with two attached hydrogens (primary N) is 1. The first-order valence-corrected chi connectivity index (χ1v) is 16.3. The van der Waals surface area contributed by atoms with Gasteiger partial charge in [0.25, 0.3) is 6.43 Å². The molecule has 0 aromatic heterocycles. The van der Waals surface area contributed by atoms with Crippen LogP contribution >= 0.6 is 11.6 Å². The molecular formula is C36H41ClF4N4O3. The molecule has 0 bridgehead atoms. The van der Waals surface area contributed by atoms with E-state index < -0.39 is 29.7 Å². The molecule has 3 aliphatic rings. The SMILES string of the molecule is C/C=C(\C=C(/C)C(O)(CNCCc1cc(C=NC2CC2)c(N)c(OC)c1)C1=CC2=C(OCC2C)C(c2cc(Cl)c(F)cc2F)N1)C(F)F. The van der Waals surface area contributed by atoms with Gasteiger partial charge in [0.1, 0.15) is 34.8 Å². The number of nitrogens with zero attached hydrogens (tertiary/aromatic N) is 1. The zero-order chi connectivity index (χ0) is 34.7. The number of allylic oxidation sites excluding steroid dienone is 4. The Hall–Kier alpha value is -3.80. The number of benzene rings is 2. The topological polar surface area (TPSA) is 101 Å². The number of alkyl halides is 2. The lowest BCUT2D eigenvalue weighted by atomic mass is 9.83. The summed E-state index contributed by atoms with van der Waals surface area (Å²) in [5.41, 5.74) is 7.52. The number of methoxy groups -OCH3 is 1. The summed E-state index contributed by atoms with van der Waals surface area (Å²) in [6.07, 6.45) is 5.91. The van der Waals surface area contributed by atoms with Crippen LogP contribution in [0.5, 0.6) is 5.75 Å². The summed E-state index contributed by atoms with van der Waals surface area (Å²) in [5.74, 6) is -0.936. The highest BCUT2D eigenvalue weighted by molar-refractivity contribution is 6.30. The van der Waals surface area contributed by atoms with E-state index in [2.05, 4.69) is 15.6 Å². The first kappa shape index (κ1) is 35.5. The third kappa shape index (κ3) is 7.58. The Kier molecular flexibility index (Phi) is 10.9. The average Bonchev–Trinajstić information content (AvgIpc) is 3.82. The van der Waals surface area contributed by atoms with E-state index in [1.54, 1.807) is 26.3 Å². The molecule has 48 heavy (non-hydrogen) atoms. The molecule has 1 saturated carbocycles. The summed E-state index contributed by atoms with van der Waals surface area (Å²) in [6.45, 7) is 5.59. The van der Waals surface area contributed by atoms with E-state index in [0.717, 1.165) is 24.0 Å². The Labute approximate surface area is 283 Å². The van der Waals surface area contributed by atoms with Crippen LogP contribution in [-0.4, -0.2) is 56.2 Å². The second-order valence-corrected chi connectivity index (χ2v) is 12.9. The molecular weight excluding hydrogens is 648 g/mol. The van der Waals surface area contributed by atoms with Crippen LogP contribution in [0.15, 0.2) is 75.7 Å². The number of halogens is 5. The quantitative estimate of drug-likeness (QED) is 0.0454. The number of aliphatic imine (C=N–C) groups is 1. The van der Waals surface area contributed by atoms with Gasteiger partial charge in [-0.1, -0.05) is 30.7 Å². The largest absolute Gasteiger partial charge is 0.495 e. The molecule has 7 nitrogen and oxygen atoms in total. The summed E-state index contributed by atoms with van der Waals surface area (Å²) in [5, 5.41) is 18.6. The zero-order valence-corrected chi connectivity index (χ0v) is 28.1. The van der Waals surface area contributed by atoms with Gasteiger partial charge in [-0.3, -0.25) is 4.99 Å². The second kappa shape index (κ2) is 14.8. The fourth-order valence-corrected chi connectivity index (χ4v) is 6.03. The van der Waals surface area contributed by atoms with Crippen LogP contribution in [0.4, 0.5) is 23.2 Å². The Bertz CT molecular complexity index is 1700. The molecule has 2 aliphatic heterocycles. The van der Waals surface area contributed by atoms with Gasteiger partial charge < -0.3 is 30.9 Å². The number of rotatable bonds is 13. The molecule has 5 rings (SSSR count).